The molecule has 34 heavy (non-hydrogen) atoms. The number of carbonyl (C=O) groups is 2. The van der Waals surface area contributed by atoms with Gasteiger partial charge in [-0.25, -0.2) is 8.42 Å². The van der Waals surface area contributed by atoms with Gasteiger partial charge in [-0.15, -0.1) is 0 Å². The third kappa shape index (κ3) is 4.36. The number of anilines is 1. The van der Waals surface area contributed by atoms with E-state index in [1.54, 1.807) is 31.2 Å². The van der Waals surface area contributed by atoms with E-state index in [0.29, 0.717) is 5.69 Å². The third-order valence-electron chi connectivity index (χ3n) is 7.19. The first-order chi connectivity index (χ1) is 16.0. The highest BCUT2D eigenvalue weighted by molar-refractivity contribution is 7.89. The van der Waals surface area contributed by atoms with E-state index in [0.717, 1.165) is 46.7 Å². The van der Waals surface area contributed by atoms with E-state index < -0.39 is 21.5 Å². The average Bonchev–Trinajstić information content (AvgIpc) is 3.29. The van der Waals surface area contributed by atoms with Gasteiger partial charge in [0.05, 0.1) is 11.4 Å². The zero-order valence-electron chi connectivity index (χ0n) is 20.3. The summed E-state index contributed by atoms with van der Waals surface area (Å²) in [4.78, 5) is 29.0. The highest BCUT2D eigenvalue weighted by Gasteiger charge is 2.51. The second kappa shape index (κ2) is 9.15. The minimum atomic E-state index is -3.96. The van der Waals surface area contributed by atoms with Crippen LogP contribution in [0.3, 0.4) is 0 Å². The second-order valence-corrected chi connectivity index (χ2v) is 11.7. The number of nitrogens with one attached hydrogen (secondary N) is 1. The number of nitrogens with zero attached hydrogens (tertiary/aromatic N) is 2. The van der Waals surface area contributed by atoms with Gasteiger partial charge in [-0.05, 0) is 69.9 Å². The zero-order chi connectivity index (χ0) is 24.7. The molecular formula is C26H33N3O4S. The molecule has 1 N–H and O–H groups in total. The first kappa shape index (κ1) is 24.4. The minimum Gasteiger partial charge on any atom is -0.351 e. The van der Waals surface area contributed by atoms with Gasteiger partial charge in [0.25, 0.3) is 0 Å². The molecular weight excluding hydrogens is 450 g/mol. The number of aryl methyl sites for hydroxylation is 2. The Bertz CT molecular complexity index is 1200. The summed E-state index contributed by atoms with van der Waals surface area (Å²) >= 11 is 0. The van der Waals surface area contributed by atoms with Crippen molar-refractivity contribution in [2.45, 2.75) is 69.9 Å². The van der Waals surface area contributed by atoms with Crippen molar-refractivity contribution in [1.82, 2.24) is 9.62 Å². The minimum absolute atomic E-state index is 0.0453. The molecule has 0 aromatic heterocycles. The largest absolute Gasteiger partial charge is 0.351 e. The fraction of sp³-hybridized carbons (Fsp3) is 0.462. The SMILES string of the molecule is Cc1ccc(S(=O)(=O)N2CC(=O)N(c3cccc(C)c3C)[C@@](C)(C(=O)NC3CCCC3)C2)cc1. The molecule has 2 aromatic rings. The van der Waals surface area contributed by atoms with Crippen molar-refractivity contribution in [1.29, 1.82) is 0 Å². The highest BCUT2D eigenvalue weighted by atomic mass is 32.2. The Morgan fingerprint density at radius 3 is 2.32 bits per heavy atom. The first-order valence-electron chi connectivity index (χ1n) is 11.8. The average molecular weight is 484 g/mol. The van der Waals surface area contributed by atoms with Crippen molar-refractivity contribution in [2.75, 3.05) is 18.0 Å². The predicted octanol–water partition coefficient (Wildman–Crippen LogP) is 3.47. The summed E-state index contributed by atoms with van der Waals surface area (Å²) in [6.45, 7) is 6.98. The third-order valence-corrected chi connectivity index (χ3v) is 9.00. The topological polar surface area (TPSA) is 86.8 Å². The van der Waals surface area contributed by atoms with Gasteiger partial charge in [-0.3, -0.25) is 14.5 Å². The van der Waals surface area contributed by atoms with Crippen molar-refractivity contribution in [3.63, 3.8) is 0 Å². The van der Waals surface area contributed by atoms with E-state index in [-0.39, 0.29) is 29.9 Å². The molecule has 2 aliphatic rings. The Morgan fingerprint density at radius 1 is 1.03 bits per heavy atom. The molecule has 2 amide bonds. The van der Waals surface area contributed by atoms with Crippen molar-refractivity contribution < 1.29 is 18.0 Å². The summed E-state index contributed by atoms with van der Waals surface area (Å²) in [7, 11) is -3.96. The van der Waals surface area contributed by atoms with Crippen LogP contribution in [0.4, 0.5) is 5.69 Å². The quantitative estimate of drug-likeness (QED) is 0.706. The molecule has 4 rings (SSSR count). The van der Waals surface area contributed by atoms with Crippen LogP contribution in [0.2, 0.25) is 0 Å². The lowest BCUT2D eigenvalue weighted by atomic mass is 9.92. The molecule has 2 aromatic carbocycles. The smallest absolute Gasteiger partial charge is 0.247 e. The van der Waals surface area contributed by atoms with E-state index in [1.165, 1.54) is 4.90 Å². The number of benzene rings is 2. The van der Waals surface area contributed by atoms with Crippen LogP contribution in [0.5, 0.6) is 0 Å². The molecule has 0 unspecified atom stereocenters. The second-order valence-electron chi connectivity index (χ2n) is 9.76. The Hall–Kier alpha value is -2.71. The maximum Gasteiger partial charge on any atom is 0.247 e. The van der Waals surface area contributed by atoms with Gasteiger partial charge in [0.1, 0.15) is 5.54 Å². The number of carbonyl (C=O) groups excluding carboxylic acids is 2. The molecule has 1 saturated carbocycles. The molecule has 7 nitrogen and oxygen atoms in total. The zero-order valence-corrected chi connectivity index (χ0v) is 21.1. The molecule has 8 heteroatoms. The van der Waals surface area contributed by atoms with Crippen molar-refractivity contribution >= 4 is 27.5 Å². The van der Waals surface area contributed by atoms with Crippen molar-refractivity contribution in [3.05, 3.63) is 59.2 Å². The number of hydrogen-bond donors (Lipinski definition) is 1. The molecule has 1 heterocycles. The Labute approximate surface area is 202 Å². The lowest BCUT2D eigenvalue weighted by Crippen LogP contribution is -2.70. The van der Waals surface area contributed by atoms with E-state index in [4.69, 9.17) is 0 Å². The van der Waals surface area contributed by atoms with Gasteiger partial charge in [-0.2, -0.15) is 4.31 Å². The maximum absolute atomic E-state index is 13.7. The van der Waals surface area contributed by atoms with Gasteiger partial charge in [0, 0.05) is 18.3 Å². The summed E-state index contributed by atoms with van der Waals surface area (Å²) < 4.78 is 28.1. The molecule has 1 aliphatic carbocycles. The summed E-state index contributed by atoms with van der Waals surface area (Å²) in [5, 5.41) is 3.11. The summed E-state index contributed by atoms with van der Waals surface area (Å²) in [6, 6.07) is 12.2. The van der Waals surface area contributed by atoms with Crippen LogP contribution in [0.25, 0.3) is 0 Å². The summed E-state index contributed by atoms with van der Waals surface area (Å²) in [5.74, 6) is -0.739. The monoisotopic (exact) mass is 483 g/mol. The lowest BCUT2D eigenvalue weighted by molar-refractivity contribution is -0.133. The lowest BCUT2D eigenvalue weighted by Gasteiger charge is -2.47. The summed E-state index contributed by atoms with van der Waals surface area (Å²) in [5.41, 5.74) is 2.08. The van der Waals surface area contributed by atoms with E-state index >= 15 is 0 Å². The standard InChI is InChI=1S/C26H33N3O4S/c1-18-12-14-22(15-13-18)34(32,33)28-16-24(30)29(23-11-7-8-19(2)20(23)3)26(4,17-28)25(31)27-21-9-5-6-10-21/h7-8,11-15,21H,5-6,9-10,16-17H2,1-4H3,(H,27,31)/t26-/m1/s1. The molecule has 0 radical (unpaired) electrons. The van der Waals surface area contributed by atoms with Crippen LogP contribution in [0, 0.1) is 20.8 Å². The fourth-order valence-corrected chi connectivity index (χ4v) is 6.44. The number of hydrogen-bond acceptors (Lipinski definition) is 4. The van der Waals surface area contributed by atoms with Crippen molar-refractivity contribution in [3.8, 4) is 0 Å². The van der Waals surface area contributed by atoms with Crippen LogP contribution in [0.15, 0.2) is 47.4 Å². The first-order valence-corrected chi connectivity index (χ1v) is 13.2. The molecule has 1 atom stereocenters. The molecule has 1 aliphatic heterocycles. The number of sulfonamides is 1. The van der Waals surface area contributed by atoms with E-state index in [2.05, 4.69) is 5.32 Å². The van der Waals surface area contributed by atoms with Gasteiger partial charge in [0.15, 0.2) is 0 Å². The number of amides is 2. The molecule has 0 bridgehead atoms. The maximum atomic E-state index is 13.7. The van der Waals surface area contributed by atoms with Gasteiger partial charge >= 0.3 is 0 Å². The van der Waals surface area contributed by atoms with E-state index in [9.17, 15) is 18.0 Å². The normalized spacial score (nSPS) is 22.2. The fourth-order valence-electron chi connectivity index (χ4n) is 4.96. The predicted molar refractivity (Wildman–Crippen MR) is 132 cm³/mol. The molecule has 182 valence electrons. The number of piperazine rings is 1. The van der Waals surface area contributed by atoms with Gasteiger partial charge < -0.3 is 5.32 Å². The van der Waals surface area contributed by atoms with Crippen LogP contribution in [-0.2, 0) is 19.6 Å². The van der Waals surface area contributed by atoms with Crippen LogP contribution in [-0.4, -0.2) is 49.2 Å². The van der Waals surface area contributed by atoms with E-state index in [1.807, 2.05) is 39.0 Å². The van der Waals surface area contributed by atoms with Gasteiger partial charge in [-0.1, -0.05) is 42.7 Å². The highest BCUT2D eigenvalue weighted by Crippen LogP contribution is 2.35. The Balaban J connectivity index is 1.76. The van der Waals surface area contributed by atoms with Crippen LogP contribution in [0.1, 0.15) is 49.3 Å². The molecule has 0 spiro atoms. The van der Waals surface area contributed by atoms with Gasteiger partial charge in [0.2, 0.25) is 21.8 Å². The van der Waals surface area contributed by atoms with Crippen LogP contribution >= 0.6 is 0 Å². The summed E-state index contributed by atoms with van der Waals surface area (Å²) in [6.07, 6.45) is 3.89. The number of rotatable bonds is 5. The van der Waals surface area contributed by atoms with Crippen molar-refractivity contribution in [2.24, 2.45) is 0 Å². The Morgan fingerprint density at radius 2 is 1.68 bits per heavy atom. The Kier molecular flexibility index (Phi) is 6.57. The molecule has 1 saturated heterocycles. The molecule has 2 fully saturated rings. The van der Waals surface area contributed by atoms with Crippen LogP contribution < -0.4 is 10.2 Å².